The van der Waals surface area contributed by atoms with E-state index < -0.39 is 5.54 Å². The minimum Gasteiger partial charge on any atom is -0.493 e. The number of piperazine rings is 1. The minimum atomic E-state index is -0.785. The molecular formula is C20H30N4O3. The van der Waals surface area contributed by atoms with Gasteiger partial charge in [0.15, 0.2) is 11.5 Å². The third-order valence-electron chi connectivity index (χ3n) is 5.16. The van der Waals surface area contributed by atoms with Crippen molar-refractivity contribution in [1.29, 1.82) is 5.26 Å². The number of carbonyl (C=O) groups excluding carboxylic acids is 1. The molecule has 0 saturated carbocycles. The number of rotatable bonds is 7. The van der Waals surface area contributed by atoms with Gasteiger partial charge in [-0.15, -0.1) is 0 Å². The molecule has 0 N–H and O–H groups in total. The standard InChI is InChI=1S/C20H30N4O3/c1-20(2,15-21)22(3)19(25)14-24-10-8-23(9-11-24)13-16-6-7-17(26-4)18(12-16)27-5/h6-7,12H,8-11,13-14H2,1-5H3. The first-order chi connectivity index (χ1) is 12.8. The number of hydrogen-bond donors (Lipinski definition) is 0. The lowest BCUT2D eigenvalue weighted by molar-refractivity contribution is -0.134. The largest absolute Gasteiger partial charge is 0.493 e. The van der Waals surface area contributed by atoms with E-state index in [1.807, 2.05) is 12.1 Å². The van der Waals surface area contributed by atoms with E-state index in [0.29, 0.717) is 6.54 Å². The van der Waals surface area contributed by atoms with Crippen LogP contribution >= 0.6 is 0 Å². The first-order valence-electron chi connectivity index (χ1n) is 9.14. The molecule has 0 aliphatic carbocycles. The first-order valence-corrected chi connectivity index (χ1v) is 9.14. The molecule has 27 heavy (non-hydrogen) atoms. The number of likely N-dealkylation sites (N-methyl/N-ethyl adjacent to an activating group) is 1. The van der Waals surface area contributed by atoms with Crippen LogP contribution in [0.3, 0.4) is 0 Å². The van der Waals surface area contributed by atoms with Crippen molar-refractivity contribution in [1.82, 2.24) is 14.7 Å². The summed E-state index contributed by atoms with van der Waals surface area (Å²) in [6.45, 7) is 8.16. The molecule has 1 saturated heterocycles. The highest BCUT2D eigenvalue weighted by atomic mass is 16.5. The molecule has 0 unspecified atom stereocenters. The SMILES string of the molecule is COc1ccc(CN2CCN(CC(=O)N(C)C(C)(C)C#N)CC2)cc1OC. The molecule has 7 nitrogen and oxygen atoms in total. The van der Waals surface area contributed by atoms with Crippen molar-refractivity contribution in [2.24, 2.45) is 0 Å². The summed E-state index contributed by atoms with van der Waals surface area (Å²) in [6, 6.07) is 8.16. The fourth-order valence-electron chi connectivity index (χ4n) is 3.03. The molecular weight excluding hydrogens is 344 g/mol. The van der Waals surface area contributed by atoms with Crippen LogP contribution in [0.1, 0.15) is 19.4 Å². The van der Waals surface area contributed by atoms with Gasteiger partial charge in [-0.05, 0) is 31.5 Å². The highest BCUT2D eigenvalue weighted by Gasteiger charge is 2.29. The van der Waals surface area contributed by atoms with E-state index in [1.54, 1.807) is 35.1 Å². The van der Waals surface area contributed by atoms with E-state index in [9.17, 15) is 10.1 Å². The number of nitrogens with zero attached hydrogens (tertiary/aromatic N) is 4. The Hall–Kier alpha value is -2.30. The molecule has 0 aromatic heterocycles. The van der Waals surface area contributed by atoms with Crippen LogP contribution in [0.15, 0.2) is 18.2 Å². The molecule has 1 amide bonds. The lowest BCUT2D eigenvalue weighted by atomic mass is 10.1. The van der Waals surface area contributed by atoms with Gasteiger partial charge in [0, 0.05) is 39.8 Å². The van der Waals surface area contributed by atoms with Crippen molar-refractivity contribution in [2.45, 2.75) is 25.9 Å². The molecule has 1 aromatic rings. The third-order valence-corrected chi connectivity index (χ3v) is 5.16. The minimum absolute atomic E-state index is 0.0186. The van der Waals surface area contributed by atoms with Gasteiger partial charge >= 0.3 is 0 Å². The molecule has 2 rings (SSSR count). The van der Waals surface area contributed by atoms with Gasteiger partial charge in [0.05, 0.1) is 26.8 Å². The van der Waals surface area contributed by atoms with Crippen LogP contribution < -0.4 is 9.47 Å². The number of ether oxygens (including phenoxy) is 2. The van der Waals surface area contributed by atoms with Gasteiger partial charge in [-0.25, -0.2) is 0 Å². The molecule has 1 aliphatic rings. The van der Waals surface area contributed by atoms with E-state index in [4.69, 9.17) is 9.47 Å². The molecule has 0 bridgehead atoms. The molecule has 1 aromatic carbocycles. The molecule has 1 fully saturated rings. The maximum Gasteiger partial charge on any atom is 0.237 e. The zero-order valence-electron chi connectivity index (χ0n) is 17.0. The van der Waals surface area contributed by atoms with E-state index in [-0.39, 0.29) is 5.91 Å². The average Bonchev–Trinajstić information content (AvgIpc) is 2.68. The third kappa shape index (κ3) is 5.34. The predicted octanol–water partition coefficient (Wildman–Crippen LogP) is 1.58. The summed E-state index contributed by atoms with van der Waals surface area (Å²) in [5.74, 6) is 1.45. The van der Waals surface area contributed by atoms with E-state index >= 15 is 0 Å². The maximum atomic E-state index is 12.4. The molecule has 148 valence electrons. The summed E-state index contributed by atoms with van der Waals surface area (Å²) in [7, 11) is 4.97. The molecule has 1 heterocycles. The Labute approximate surface area is 162 Å². The highest BCUT2D eigenvalue weighted by molar-refractivity contribution is 5.79. The van der Waals surface area contributed by atoms with Crippen molar-refractivity contribution in [3.63, 3.8) is 0 Å². The number of hydrogen-bond acceptors (Lipinski definition) is 6. The van der Waals surface area contributed by atoms with Gasteiger partial charge in [0.2, 0.25) is 5.91 Å². The van der Waals surface area contributed by atoms with Crippen LogP contribution in [0.25, 0.3) is 0 Å². The number of amides is 1. The van der Waals surface area contributed by atoms with E-state index in [1.165, 1.54) is 10.5 Å². The number of carbonyl (C=O) groups is 1. The van der Waals surface area contributed by atoms with Crippen LogP contribution in [0.2, 0.25) is 0 Å². The van der Waals surface area contributed by atoms with Crippen LogP contribution in [0.5, 0.6) is 11.5 Å². The van der Waals surface area contributed by atoms with Crippen LogP contribution in [0, 0.1) is 11.3 Å². The summed E-state index contributed by atoms with van der Waals surface area (Å²) in [5.41, 5.74) is 0.388. The topological polar surface area (TPSA) is 69.0 Å². The van der Waals surface area contributed by atoms with Gasteiger partial charge in [0.1, 0.15) is 5.54 Å². The number of benzene rings is 1. The predicted molar refractivity (Wildman–Crippen MR) is 104 cm³/mol. The van der Waals surface area contributed by atoms with Gasteiger partial charge in [-0.2, -0.15) is 5.26 Å². The molecule has 0 atom stereocenters. The van der Waals surface area contributed by atoms with Crippen molar-refractivity contribution in [3.05, 3.63) is 23.8 Å². The smallest absolute Gasteiger partial charge is 0.237 e. The first kappa shape index (κ1) is 21.0. The molecule has 0 spiro atoms. The molecule has 7 heteroatoms. The Morgan fingerprint density at radius 2 is 1.74 bits per heavy atom. The summed E-state index contributed by atoms with van der Waals surface area (Å²) >= 11 is 0. The van der Waals surface area contributed by atoms with E-state index in [2.05, 4.69) is 21.9 Å². The van der Waals surface area contributed by atoms with Crippen molar-refractivity contribution in [2.75, 3.05) is 54.0 Å². The average molecular weight is 374 g/mol. The van der Waals surface area contributed by atoms with Gasteiger partial charge in [0.25, 0.3) is 0 Å². The Kier molecular flexibility index (Phi) is 7.05. The van der Waals surface area contributed by atoms with Crippen LogP contribution in [-0.4, -0.2) is 80.1 Å². The lowest BCUT2D eigenvalue weighted by Gasteiger charge is -2.36. The second-order valence-electron chi connectivity index (χ2n) is 7.37. The van der Waals surface area contributed by atoms with E-state index in [0.717, 1.165) is 44.2 Å². The van der Waals surface area contributed by atoms with Gasteiger partial charge < -0.3 is 14.4 Å². The Morgan fingerprint density at radius 3 is 2.30 bits per heavy atom. The fourth-order valence-corrected chi connectivity index (χ4v) is 3.03. The fraction of sp³-hybridized carbons (Fsp3) is 0.600. The monoisotopic (exact) mass is 374 g/mol. The number of methoxy groups -OCH3 is 2. The van der Waals surface area contributed by atoms with Crippen molar-refractivity contribution in [3.8, 4) is 17.6 Å². The van der Waals surface area contributed by atoms with Crippen LogP contribution in [-0.2, 0) is 11.3 Å². The summed E-state index contributed by atoms with van der Waals surface area (Å²) in [4.78, 5) is 18.5. The Balaban J connectivity index is 1.85. The normalized spacial score (nSPS) is 15.9. The maximum absolute atomic E-state index is 12.4. The highest BCUT2D eigenvalue weighted by Crippen LogP contribution is 2.28. The van der Waals surface area contributed by atoms with Gasteiger partial charge in [-0.3, -0.25) is 14.6 Å². The zero-order chi connectivity index (χ0) is 20.0. The zero-order valence-corrected chi connectivity index (χ0v) is 17.0. The second-order valence-corrected chi connectivity index (χ2v) is 7.37. The van der Waals surface area contributed by atoms with Crippen molar-refractivity contribution < 1.29 is 14.3 Å². The quantitative estimate of drug-likeness (QED) is 0.722. The second kappa shape index (κ2) is 9.07. The molecule has 1 aliphatic heterocycles. The number of nitriles is 1. The van der Waals surface area contributed by atoms with Crippen molar-refractivity contribution >= 4 is 5.91 Å². The Bertz CT molecular complexity index is 691. The summed E-state index contributed by atoms with van der Waals surface area (Å²) in [5, 5.41) is 9.18. The summed E-state index contributed by atoms with van der Waals surface area (Å²) < 4.78 is 10.7. The van der Waals surface area contributed by atoms with Crippen LogP contribution in [0.4, 0.5) is 0 Å². The lowest BCUT2D eigenvalue weighted by Crippen LogP contribution is -2.52. The summed E-state index contributed by atoms with van der Waals surface area (Å²) in [6.07, 6.45) is 0. The molecule has 0 radical (unpaired) electrons. The Morgan fingerprint density at radius 1 is 1.15 bits per heavy atom. The van der Waals surface area contributed by atoms with Gasteiger partial charge in [-0.1, -0.05) is 6.07 Å².